The molecule has 0 unspecified atom stereocenters. The highest BCUT2D eigenvalue weighted by Crippen LogP contribution is 2.17. The second-order valence-corrected chi connectivity index (χ2v) is 8.88. The Hall–Kier alpha value is -1.13. The molecule has 0 aliphatic rings. The van der Waals surface area contributed by atoms with Crippen LogP contribution < -0.4 is 0 Å². The van der Waals surface area contributed by atoms with Crippen LogP contribution in [0.15, 0.2) is 24.3 Å². The van der Waals surface area contributed by atoms with Crippen LogP contribution in [0.25, 0.3) is 0 Å². The number of unbranched alkanes of at least 4 members (excludes halogenated alkanes) is 10. The normalized spacial score (nSPS) is 14.9. The highest BCUT2D eigenvalue weighted by Gasteiger charge is 2.33. The van der Waals surface area contributed by atoms with Crippen molar-refractivity contribution in [2.75, 3.05) is 27.7 Å². The number of allylic oxidation sites excluding steroid dienone is 3. The zero-order chi connectivity index (χ0) is 20.6. The van der Waals surface area contributed by atoms with Crippen LogP contribution in [0.2, 0.25) is 0 Å². The van der Waals surface area contributed by atoms with E-state index in [4.69, 9.17) is 5.11 Å². The Morgan fingerprint density at radius 2 is 1.41 bits per heavy atom. The Balaban J connectivity index is 3.93. The van der Waals surface area contributed by atoms with Gasteiger partial charge in [-0.1, -0.05) is 82.9 Å². The molecule has 4 nitrogen and oxygen atoms in total. The van der Waals surface area contributed by atoms with Gasteiger partial charge in [-0.3, -0.25) is 4.79 Å². The maximum Gasteiger partial charge on any atom is 0.306 e. The lowest BCUT2D eigenvalue weighted by atomic mass is 9.97. The molecule has 2 N–H and O–H groups in total. The van der Waals surface area contributed by atoms with Gasteiger partial charge in [0.2, 0.25) is 0 Å². The van der Waals surface area contributed by atoms with Crippen LogP contribution in [0.5, 0.6) is 0 Å². The van der Waals surface area contributed by atoms with Crippen molar-refractivity contribution in [1.82, 2.24) is 0 Å². The Labute approximate surface area is 167 Å². The minimum atomic E-state index is -1.31. The fraction of sp³-hybridized carbons (Fsp3) is 0.783. The third-order valence-corrected chi connectivity index (χ3v) is 4.58. The smallest absolute Gasteiger partial charge is 0.306 e. The summed E-state index contributed by atoms with van der Waals surface area (Å²) in [5, 5.41) is 19.6. The number of carbonyl (C=O) groups is 1. The summed E-state index contributed by atoms with van der Waals surface area (Å²) in [6.45, 7) is 2.62. The molecule has 0 fully saturated rings. The van der Waals surface area contributed by atoms with Gasteiger partial charge in [0.15, 0.2) is 0 Å². The number of rotatable bonds is 17. The molecule has 0 aromatic carbocycles. The van der Waals surface area contributed by atoms with Gasteiger partial charge in [-0.15, -0.1) is 0 Å². The lowest BCUT2D eigenvalue weighted by Crippen LogP contribution is -2.49. The minimum Gasteiger partial charge on any atom is -0.481 e. The first-order valence-electron chi connectivity index (χ1n) is 10.8. The van der Waals surface area contributed by atoms with Crippen molar-refractivity contribution in [1.29, 1.82) is 0 Å². The van der Waals surface area contributed by atoms with Crippen molar-refractivity contribution in [3.63, 3.8) is 0 Å². The summed E-state index contributed by atoms with van der Waals surface area (Å²) >= 11 is 0. The van der Waals surface area contributed by atoms with Gasteiger partial charge in [0, 0.05) is 0 Å². The standard InChI is InChI=1S/C23H43NO3/c1-5-6-7-8-9-10-11-12-13-14-15-16-17-18-19-23(27,20-22(25)26)21-24(2,3)4/h16-19,27H,5-15,20-21H2,1-4H3/p+1/t23-/m1/s1. The number of hydrogen-bond acceptors (Lipinski definition) is 2. The van der Waals surface area contributed by atoms with Crippen LogP contribution in [0.3, 0.4) is 0 Å². The van der Waals surface area contributed by atoms with E-state index in [9.17, 15) is 9.90 Å². The van der Waals surface area contributed by atoms with Gasteiger partial charge in [0.25, 0.3) is 0 Å². The molecule has 0 aliphatic carbocycles. The van der Waals surface area contributed by atoms with E-state index in [1.54, 1.807) is 12.2 Å². The molecular weight excluding hydrogens is 338 g/mol. The lowest BCUT2D eigenvalue weighted by Gasteiger charge is -2.32. The summed E-state index contributed by atoms with van der Waals surface area (Å²) in [5.74, 6) is -0.982. The number of carboxylic acid groups (broad SMARTS) is 1. The predicted molar refractivity (Wildman–Crippen MR) is 115 cm³/mol. The molecule has 158 valence electrons. The highest BCUT2D eigenvalue weighted by atomic mass is 16.4. The van der Waals surface area contributed by atoms with E-state index in [1.807, 2.05) is 27.2 Å². The van der Waals surface area contributed by atoms with E-state index in [1.165, 1.54) is 64.2 Å². The van der Waals surface area contributed by atoms with Crippen molar-refractivity contribution in [3.05, 3.63) is 24.3 Å². The Kier molecular flexibility index (Phi) is 14.2. The van der Waals surface area contributed by atoms with Gasteiger partial charge < -0.3 is 14.7 Å². The molecule has 1 atom stereocenters. The quantitative estimate of drug-likeness (QED) is 0.203. The number of nitrogens with zero attached hydrogens (tertiary/aromatic N) is 1. The van der Waals surface area contributed by atoms with Crippen LogP contribution >= 0.6 is 0 Å². The van der Waals surface area contributed by atoms with Gasteiger partial charge >= 0.3 is 5.97 Å². The molecule has 0 saturated carbocycles. The van der Waals surface area contributed by atoms with Crippen molar-refractivity contribution in [2.45, 2.75) is 89.6 Å². The number of hydrogen-bond donors (Lipinski definition) is 2. The fourth-order valence-corrected chi connectivity index (χ4v) is 3.41. The van der Waals surface area contributed by atoms with Gasteiger partial charge in [0.05, 0.1) is 27.6 Å². The zero-order valence-corrected chi connectivity index (χ0v) is 18.3. The minimum absolute atomic E-state index is 0.273. The lowest BCUT2D eigenvalue weighted by molar-refractivity contribution is -0.876. The Morgan fingerprint density at radius 1 is 0.889 bits per heavy atom. The van der Waals surface area contributed by atoms with E-state index in [2.05, 4.69) is 13.0 Å². The number of quaternary nitrogens is 1. The summed E-state index contributed by atoms with van der Waals surface area (Å²) in [4.78, 5) is 11.0. The maximum absolute atomic E-state index is 11.0. The number of aliphatic hydroxyl groups is 1. The molecule has 0 aromatic rings. The largest absolute Gasteiger partial charge is 0.481 e. The zero-order valence-electron chi connectivity index (χ0n) is 18.3. The number of carboxylic acids is 1. The van der Waals surface area contributed by atoms with Crippen LogP contribution in [0, 0.1) is 0 Å². The van der Waals surface area contributed by atoms with Gasteiger partial charge in [-0.05, 0) is 18.9 Å². The Bertz CT molecular complexity index is 437. The van der Waals surface area contributed by atoms with Crippen LogP contribution in [-0.2, 0) is 4.79 Å². The second-order valence-electron chi connectivity index (χ2n) is 8.88. The van der Waals surface area contributed by atoms with E-state index in [0.717, 1.165) is 6.42 Å². The molecule has 0 aromatic heterocycles. The average Bonchev–Trinajstić information content (AvgIpc) is 2.52. The van der Waals surface area contributed by atoms with E-state index in [-0.39, 0.29) is 6.42 Å². The number of likely N-dealkylation sites (N-methyl/N-ethyl adjacent to an activating group) is 1. The maximum atomic E-state index is 11.0. The first-order valence-corrected chi connectivity index (χ1v) is 10.8. The van der Waals surface area contributed by atoms with Gasteiger partial charge in [-0.25, -0.2) is 0 Å². The SMILES string of the molecule is CCCCCCCCCCCCC=CC=C[C@@](O)(CC(=O)O)C[N+](C)(C)C. The third-order valence-electron chi connectivity index (χ3n) is 4.58. The number of aliphatic carboxylic acids is 1. The summed E-state index contributed by atoms with van der Waals surface area (Å²) in [5.41, 5.74) is -1.31. The molecule has 0 aliphatic heterocycles. The van der Waals surface area contributed by atoms with Crippen molar-refractivity contribution in [3.8, 4) is 0 Å². The van der Waals surface area contributed by atoms with Gasteiger partial charge in [0.1, 0.15) is 12.1 Å². The van der Waals surface area contributed by atoms with E-state index >= 15 is 0 Å². The van der Waals surface area contributed by atoms with Crippen LogP contribution in [0.1, 0.15) is 84.0 Å². The molecule has 0 bridgehead atoms. The summed E-state index contributed by atoms with van der Waals surface area (Å²) in [6, 6.07) is 0. The molecular formula is C23H44NO3+. The molecule has 0 rings (SSSR count). The van der Waals surface area contributed by atoms with E-state index < -0.39 is 11.6 Å². The van der Waals surface area contributed by atoms with Crippen molar-refractivity contribution >= 4 is 5.97 Å². The monoisotopic (exact) mass is 382 g/mol. The van der Waals surface area contributed by atoms with Crippen molar-refractivity contribution in [2.24, 2.45) is 0 Å². The Morgan fingerprint density at radius 3 is 1.89 bits per heavy atom. The molecule has 0 heterocycles. The fourth-order valence-electron chi connectivity index (χ4n) is 3.41. The second kappa shape index (κ2) is 14.9. The van der Waals surface area contributed by atoms with Crippen molar-refractivity contribution < 1.29 is 19.5 Å². The van der Waals surface area contributed by atoms with Gasteiger partial charge in [-0.2, -0.15) is 0 Å². The van der Waals surface area contributed by atoms with Crippen LogP contribution in [0.4, 0.5) is 0 Å². The first-order chi connectivity index (χ1) is 12.7. The molecule has 0 saturated heterocycles. The third kappa shape index (κ3) is 18.0. The first kappa shape index (κ1) is 25.9. The summed E-state index contributed by atoms with van der Waals surface area (Å²) in [7, 11) is 5.84. The van der Waals surface area contributed by atoms with E-state index in [0.29, 0.717) is 11.0 Å². The average molecular weight is 383 g/mol. The molecule has 27 heavy (non-hydrogen) atoms. The highest BCUT2D eigenvalue weighted by molar-refractivity contribution is 5.68. The van der Waals surface area contributed by atoms with Crippen LogP contribution in [-0.4, -0.2) is 54.0 Å². The summed E-state index contributed by atoms with van der Waals surface area (Å²) in [6.07, 6.45) is 21.6. The molecule has 0 amide bonds. The molecule has 4 heteroatoms. The predicted octanol–water partition coefficient (Wildman–Crippen LogP) is 5.32. The topological polar surface area (TPSA) is 57.5 Å². The summed E-state index contributed by atoms with van der Waals surface area (Å²) < 4.78 is 0.510. The molecule has 0 radical (unpaired) electrons. The molecule has 0 spiro atoms.